The van der Waals surface area contributed by atoms with Crippen molar-refractivity contribution in [3.8, 4) is 11.5 Å². The molecule has 0 atom stereocenters. The zero-order valence-corrected chi connectivity index (χ0v) is 13.4. The number of aryl methyl sites for hydroxylation is 2. The summed E-state index contributed by atoms with van der Waals surface area (Å²) in [5.41, 5.74) is 7.95. The molecule has 0 bridgehead atoms. The van der Waals surface area contributed by atoms with E-state index in [1.54, 1.807) is 6.07 Å². The first kappa shape index (κ1) is 14.9. The lowest BCUT2D eigenvalue weighted by Crippen LogP contribution is -2.11. The monoisotopic (exact) mass is 353 g/mol. The Kier molecular flexibility index (Phi) is 4.40. The normalized spacial score (nSPS) is 10.4. The zero-order valence-electron chi connectivity index (χ0n) is 11.0. The third kappa shape index (κ3) is 2.99. The third-order valence-electron chi connectivity index (χ3n) is 2.88. The number of hydrogen-bond acceptors (Lipinski definition) is 2. The Morgan fingerprint density at radius 1 is 1.20 bits per heavy atom. The molecule has 0 fully saturated rings. The van der Waals surface area contributed by atoms with E-state index in [2.05, 4.69) is 15.9 Å². The topological polar surface area (TPSA) is 35.2 Å². The maximum atomic E-state index is 14.3. The molecule has 2 nitrogen and oxygen atoms in total. The van der Waals surface area contributed by atoms with Crippen LogP contribution in [-0.4, -0.2) is 4.99 Å². The average molecular weight is 354 g/mol. The van der Waals surface area contributed by atoms with E-state index in [0.717, 1.165) is 11.1 Å². The van der Waals surface area contributed by atoms with Gasteiger partial charge in [-0.1, -0.05) is 24.4 Å². The predicted molar refractivity (Wildman–Crippen MR) is 86.0 cm³/mol. The van der Waals surface area contributed by atoms with Crippen molar-refractivity contribution in [3.63, 3.8) is 0 Å². The zero-order chi connectivity index (χ0) is 14.9. The molecule has 2 aromatic rings. The fraction of sp³-hybridized carbons (Fsp3) is 0.133. The predicted octanol–water partition coefficient (Wildman–Crippen LogP) is 4.63. The van der Waals surface area contributed by atoms with Gasteiger partial charge in [-0.05, 0) is 59.1 Å². The quantitative estimate of drug-likeness (QED) is 0.817. The van der Waals surface area contributed by atoms with Gasteiger partial charge >= 0.3 is 0 Å². The summed E-state index contributed by atoms with van der Waals surface area (Å²) < 4.78 is 20.1. The second-order valence-electron chi connectivity index (χ2n) is 4.47. The Bertz CT molecular complexity index is 688. The largest absolute Gasteiger partial charge is 0.454 e. The molecular formula is C15H13BrFNOS. The summed E-state index contributed by atoms with van der Waals surface area (Å²) in [4.78, 5) is 0.133. The Morgan fingerprint density at radius 3 is 2.55 bits per heavy atom. The highest BCUT2D eigenvalue weighted by molar-refractivity contribution is 9.10. The number of rotatable bonds is 3. The van der Waals surface area contributed by atoms with Gasteiger partial charge in [0.1, 0.15) is 10.7 Å². The highest BCUT2D eigenvalue weighted by Gasteiger charge is 2.15. The van der Waals surface area contributed by atoms with E-state index in [9.17, 15) is 4.39 Å². The van der Waals surface area contributed by atoms with Gasteiger partial charge in [0.15, 0.2) is 11.6 Å². The average Bonchev–Trinajstić information content (AvgIpc) is 2.39. The number of thiocarbonyl (C=S) groups is 1. The van der Waals surface area contributed by atoms with Crippen molar-refractivity contribution in [2.75, 3.05) is 0 Å². The summed E-state index contributed by atoms with van der Waals surface area (Å²) in [6.07, 6.45) is 0. The van der Waals surface area contributed by atoms with Crippen LogP contribution in [0.3, 0.4) is 0 Å². The smallest absolute Gasteiger partial charge is 0.180 e. The molecule has 0 amide bonds. The summed E-state index contributed by atoms with van der Waals surface area (Å²) in [6.45, 7) is 3.86. The van der Waals surface area contributed by atoms with Gasteiger partial charge in [-0.15, -0.1) is 0 Å². The Balaban J connectivity index is 2.42. The molecule has 2 aromatic carbocycles. The molecule has 0 radical (unpaired) electrons. The lowest BCUT2D eigenvalue weighted by molar-refractivity contribution is 0.437. The lowest BCUT2D eigenvalue weighted by Gasteiger charge is -2.12. The third-order valence-corrected chi connectivity index (χ3v) is 3.87. The number of ether oxygens (including phenoxy) is 1. The molecule has 0 saturated carbocycles. The molecule has 0 aliphatic rings. The Hall–Kier alpha value is -1.46. The van der Waals surface area contributed by atoms with E-state index in [4.69, 9.17) is 22.7 Å². The molecule has 5 heteroatoms. The molecule has 0 aliphatic heterocycles. The van der Waals surface area contributed by atoms with Crippen LogP contribution in [0.25, 0.3) is 0 Å². The molecule has 20 heavy (non-hydrogen) atoms. The van der Waals surface area contributed by atoms with Crippen molar-refractivity contribution in [1.82, 2.24) is 0 Å². The van der Waals surface area contributed by atoms with E-state index in [-0.39, 0.29) is 15.2 Å². The summed E-state index contributed by atoms with van der Waals surface area (Å²) in [7, 11) is 0. The van der Waals surface area contributed by atoms with Crippen molar-refractivity contribution >= 4 is 33.1 Å². The first-order chi connectivity index (χ1) is 9.40. The summed E-state index contributed by atoms with van der Waals surface area (Å²) in [5.74, 6) is 0.237. The van der Waals surface area contributed by atoms with E-state index < -0.39 is 5.82 Å². The highest BCUT2D eigenvalue weighted by atomic mass is 79.9. The van der Waals surface area contributed by atoms with Crippen molar-refractivity contribution < 1.29 is 9.13 Å². The first-order valence-corrected chi connectivity index (χ1v) is 7.13. The van der Waals surface area contributed by atoms with E-state index >= 15 is 0 Å². The van der Waals surface area contributed by atoms with Crippen LogP contribution in [0.2, 0.25) is 0 Å². The fourth-order valence-corrected chi connectivity index (χ4v) is 2.58. The number of nitrogens with two attached hydrogens (primary N) is 1. The summed E-state index contributed by atoms with van der Waals surface area (Å²) in [5, 5.41) is 0. The maximum Gasteiger partial charge on any atom is 0.180 e. The molecule has 2 rings (SSSR count). The Morgan fingerprint density at radius 2 is 1.90 bits per heavy atom. The van der Waals surface area contributed by atoms with Gasteiger partial charge in [0, 0.05) is 5.56 Å². The standard InChI is InChI=1S/C15H13BrFNOS/c1-8-3-4-9(2)12(7-8)19-11-6-5-10(15(18)20)13(16)14(11)17/h3-7H,1-2H3,(H2,18,20). The summed E-state index contributed by atoms with van der Waals surface area (Å²) in [6, 6.07) is 8.93. The number of halogens is 2. The van der Waals surface area contributed by atoms with Crippen LogP contribution in [-0.2, 0) is 0 Å². The number of hydrogen-bond donors (Lipinski definition) is 1. The van der Waals surface area contributed by atoms with Crippen LogP contribution >= 0.6 is 28.1 Å². The minimum Gasteiger partial charge on any atom is -0.454 e. The van der Waals surface area contributed by atoms with Crippen LogP contribution in [0.15, 0.2) is 34.8 Å². The second-order valence-corrected chi connectivity index (χ2v) is 5.71. The molecule has 2 N–H and O–H groups in total. The molecular weight excluding hydrogens is 341 g/mol. The molecule has 0 spiro atoms. The molecule has 0 heterocycles. The van der Waals surface area contributed by atoms with Gasteiger partial charge in [-0.25, -0.2) is 4.39 Å². The van der Waals surface area contributed by atoms with Crippen molar-refractivity contribution in [2.24, 2.45) is 5.73 Å². The summed E-state index contributed by atoms with van der Waals surface area (Å²) >= 11 is 8.02. The van der Waals surface area contributed by atoms with Crippen LogP contribution in [0.5, 0.6) is 11.5 Å². The van der Waals surface area contributed by atoms with Gasteiger partial charge in [0.2, 0.25) is 0 Å². The van der Waals surface area contributed by atoms with Crippen LogP contribution in [0.4, 0.5) is 4.39 Å². The minimum atomic E-state index is -0.517. The van der Waals surface area contributed by atoms with E-state index in [0.29, 0.717) is 11.3 Å². The van der Waals surface area contributed by atoms with Gasteiger partial charge in [0.05, 0.1) is 4.47 Å². The van der Waals surface area contributed by atoms with Crippen LogP contribution in [0, 0.1) is 19.7 Å². The van der Waals surface area contributed by atoms with E-state index in [1.807, 2.05) is 32.0 Å². The molecule has 0 aromatic heterocycles. The van der Waals surface area contributed by atoms with Crippen LogP contribution < -0.4 is 10.5 Å². The molecule has 0 aliphatic carbocycles. The van der Waals surface area contributed by atoms with E-state index in [1.165, 1.54) is 6.07 Å². The SMILES string of the molecule is Cc1ccc(C)c(Oc2ccc(C(N)=S)c(Br)c2F)c1. The molecule has 0 unspecified atom stereocenters. The van der Waals surface area contributed by atoms with Gasteiger partial charge in [-0.3, -0.25) is 0 Å². The number of benzene rings is 2. The van der Waals surface area contributed by atoms with Crippen LogP contribution in [0.1, 0.15) is 16.7 Å². The van der Waals surface area contributed by atoms with Crippen molar-refractivity contribution in [3.05, 3.63) is 57.3 Å². The second kappa shape index (κ2) is 5.89. The van der Waals surface area contributed by atoms with Gasteiger partial charge in [-0.2, -0.15) is 0 Å². The van der Waals surface area contributed by atoms with Crippen molar-refractivity contribution in [2.45, 2.75) is 13.8 Å². The van der Waals surface area contributed by atoms with Gasteiger partial charge < -0.3 is 10.5 Å². The first-order valence-electron chi connectivity index (χ1n) is 5.93. The van der Waals surface area contributed by atoms with Gasteiger partial charge in [0.25, 0.3) is 0 Å². The van der Waals surface area contributed by atoms with Crippen molar-refractivity contribution in [1.29, 1.82) is 0 Å². The highest BCUT2D eigenvalue weighted by Crippen LogP contribution is 2.33. The lowest BCUT2D eigenvalue weighted by atomic mass is 10.1. The molecule has 0 saturated heterocycles. The Labute approximate surface area is 130 Å². The minimum absolute atomic E-state index is 0.130. The molecule has 104 valence electrons. The fourth-order valence-electron chi connectivity index (χ4n) is 1.74. The maximum absolute atomic E-state index is 14.3.